The van der Waals surface area contributed by atoms with E-state index >= 15 is 0 Å². The molecule has 8 nitrogen and oxygen atoms in total. The second kappa shape index (κ2) is 7.79. The zero-order chi connectivity index (χ0) is 19.5. The Hall–Kier alpha value is -2.52. The number of aliphatic carboxylic acids is 1. The van der Waals surface area contributed by atoms with Gasteiger partial charge in [0, 0.05) is 31.6 Å². The molecule has 0 aliphatic rings. The molecule has 1 aromatic heterocycles. The molecule has 2 N–H and O–H groups in total. The number of nitrogens with zero attached hydrogens (tertiary/aromatic N) is 2. The van der Waals surface area contributed by atoms with Gasteiger partial charge in [0.1, 0.15) is 10.9 Å². The maximum absolute atomic E-state index is 13.2. The van der Waals surface area contributed by atoms with Crippen molar-refractivity contribution in [3.63, 3.8) is 0 Å². The lowest BCUT2D eigenvalue weighted by atomic mass is 10.2. The highest BCUT2D eigenvalue weighted by Gasteiger charge is 2.34. The molecule has 0 radical (unpaired) electrons. The molecule has 0 spiro atoms. The van der Waals surface area contributed by atoms with Crippen molar-refractivity contribution in [3.8, 4) is 0 Å². The number of aromatic nitrogens is 1. The molecule has 140 valence electrons. The van der Waals surface area contributed by atoms with Crippen LogP contribution in [0.3, 0.4) is 0 Å². The molecule has 2 aromatic rings. The van der Waals surface area contributed by atoms with E-state index in [2.05, 4.69) is 10.3 Å². The first-order chi connectivity index (χ1) is 12.1. The Labute approximate surface area is 151 Å². The van der Waals surface area contributed by atoms with Crippen LogP contribution in [0.1, 0.15) is 19.4 Å². The van der Waals surface area contributed by atoms with Crippen LogP contribution in [0, 0.1) is 6.92 Å². The summed E-state index contributed by atoms with van der Waals surface area (Å²) < 4.78 is 27.2. The molecule has 1 amide bonds. The third-order valence-electron chi connectivity index (χ3n) is 3.89. The molecule has 1 heterocycles. The van der Waals surface area contributed by atoms with Gasteiger partial charge in [-0.2, -0.15) is 4.31 Å². The van der Waals surface area contributed by atoms with Crippen molar-refractivity contribution < 1.29 is 23.1 Å². The molecule has 0 saturated heterocycles. The van der Waals surface area contributed by atoms with Crippen LogP contribution >= 0.6 is 0 Å². The van der Waals surface area contributed by atoms with E-state index in [1.807, 2.05) is 13.0 Å². The average molecular weight is 379 g/mol. The van der Waals surface area contributed by atoms with Gasteiger partial charge < -0.3 is 10.4 Å². The minimum Gasteiger partial charge on any atom is -0.480 e. The van der Waals surface area contributed by atoms with Gasteiger partial charge in [0.25, 0.3) is 0 Å². The van der Waals surface area contributed by atoms with E-state index in [0.717, 1.165) is 9.87 Å². The van der Waals surface area contributed by atoms with Crippen LogP contribution in [0.25, 0.3) is 10.9 Å². The number of carbonyl (C=O) groups excluding carboxylic acids is 1. The molecular weight excluding hydrogens is 358 g/mol. The number of hydrogen-bond donors (Lipinski definition) is 2. The third kappa shape index (κ3) is 4.17. The van der Waals surface area contributed by atoms with Crippen LogP contribution in [0.5, 0.6) is 0 Å². The van der Waals surface area contributed by atoms with Crippen LogP contribution < -0.4 is 5.32 Å². The van der Waals surface area contributed by atoms with Gasteiger partial charge in [-0.3, -0.25) is 14.6 Å². The molecule has 1 atom stereocenters. The van der Waals surface area contributed by atoms with Gasteiger partial charge in [0.15, 0.2) is 0 Å². The minimum atomic E-state index is -4.14. The van der Waals surface area contributed by atoms with E-state index in [1.54, 1.807) is 18.3 Å². The molecular formula is C17H21N3O5S. The maximum Gasteiger partial charge on any atom is 0.321 e. The van der Waals surface area contributed by atoms with Crippen LogP contribution in [0.4, 0.5) is 0 Å². The Morgan fingerprint density at radius 1 is 1.35 bits per heavy atom. The molecule has 1 unspecified atom stereocenters. The Bertz CT molecular complexity index is 943. The van der Waals surface area contributed by atoms with Gasteiger partial charge in [-0.05, 0) is 31.5 Å². The SMILES string of the molecule is CC(=O)NCCN(C(C)C(=O)O)S(=O)(=O)c1cccc2cc(C)cnc12. The second-order valence-electron chi connectivity index (χ2n) is 5.95. The molecule has 9 heteroatoms. The number of nitrogens with one attached hydrogen (secondary N) is 1. The topological polar surface area (TPSA) is 117 Å². The molecule has 2 rings (SSSR count). The molecule has 26 heavy (non-hydrogen) atoms. The number of sulfonamides is 1. The number of rotatable bonds is 7. The predicted octanol–water partition coefficient (Wildman–Crippen LogP) is 1.14. The normalized spacial score (nSPS) is 12.9. The number of para-hydroxylation sites is 1. The van der Waals surface area contributed by atoms with Crippen LogP contribution in [0.15, 0.2) is 35.4 Å². The lowest BCUT2D eigenvalue weighted by Gasteiger charge is -2.26. The van der Waals surface area contributed by atoms with E-state index in [4.69, 9.17) is 0 Å². The third-order valence-corrected chi connectivity index (χ3v) is 5.89. The van der Waals surface area contributed by atoms with Crippen molar-refractivity contribution in [2.75, 3.05) is 13.1 Å². The zero-order valence-electron chi connectivity index (χ0n) is 14.8. The Balaban J connectivity index is 2.52. The van der Waals surface area contributed by atoms with Gasteiger partial charge in [-0.25, -0.2) is 8.42 Å². The summed E-state index contributed by atoms with van der Waals surface area (Å²) >= 11 is 0. The molecule has 0 aliphatic heterocycles. The number of carbonyl (C=O) groups is 2. The van der Waals surface area contributed by atoms with Gasteiger partial charge in [0.05, 0.1) is 5.52 Å². The quantitative estimate of drug-likeness (QED) is 0.745. The van der Waals surface area contributed by atoms with Crippen LogP contribution in [-0.2, 0) is 19.6 Å². The summed E-state index contributed by atoms with van der Waals surface area (Å²) in [5, 5.41) is 12.4. The number of amides is 1. The number of aryl methyl sites for hydroxylation is 1. The van der Waals surface area contributed by atoms with E-state index in [-0.39, 0.29) is 29.4 Å². The van der Waals surface area contributed by atoms with E-state index in [1.165, 1.54) is 19.9 Å². The summed E-state index contributed by atoms with van der Waals surface area (Å²) in [6, 6.07) is 5.25. The summed E-state index contributed by atoms with van der Waals surface area (Å²) in [6.45, 7) is 4.27. The fraction of sp³-hybridized carbons (Fsp3) is 0.353. The summed E-state index contributed by atoms with van der Waals surface area (Å²) in [5.74, 6) is -1.60. The summed E-state index contributed by atoms with van der Waals surface area (Å²) in [5.41, 5.74) is 1.16. The van der Waals surface area contributed by atoms with Gasteiger partial charge in [-0.1, -0.05) is 12.1 Å². The minimum absolute atomic E-state index is 0.00346. The Morgan fingerprint density at radius 2 is 2.04 bits per heavy atom. The molecule has 0 fully saturated rings. The highest BCUT2D eigenvalue weighted by atomic mass is 32.2. The summed E-state index contributed by atoms with van der Waals surface area (Å²) in [7, 11) is -4.14. The van der Waals surface area contributed by atoms with Crippen molar-refractivity contribution in [2.24, 2.45) is 0 Å². The van der Waals surface area contributed by atoms with Crippen molar-refractivity contribution in [1.82, 2.24) is 14.6 Å². The standard InChI is InChI=1S/C17H21N3O5S/c1-11-9-14-5-4-6-15(16(14)19-10-11)26(24,25)20(12(2)17(22)23)8-7-18-13(3)21/h4-6,9-10,12H,7-8H2,1-3H3,(H,18,21)(H,22,23). The number of carboxylic acids is 1. The van der Waals surface area contributed by atoms with Crippen molar-refractivity contribution >= 4 is 32.8 Å². The molecule has 0 bridgehead atoms. The van der Waals surface area contributed by atoms with E-state index in [0.29, 0.717) is 5.39 Å². The van der Waals surface area contributed by atoms with Gasteiger partial charge in [0.2, 0.25) is 15.9 Å². The molecule has 0 aliphatic carbocycles. The lowest BCUT2D eigenvalue weighted by molar-refractivity contribution is -0.140. The second-order valence-corrected chi connectivity index (χ2v) is 7.81. The Kier molecular flexibility index (Phi) is 5.94. The summed E-state index contributed by atoms with van der Waals surface area (Å²) in [4.78, 5) is 26.6. The highest BCUT2D eigenvalue weighted by molar-refractivity contribution is 7.89. The fourth-order valence-corrected chi connectivity index (χ4v) is 4.32. The summed E-state index contributed by atoms with van der Waals surface area (Å²) in [6.07, 6.45) is 1.56. The molecule has 0 saturated carbocycles. The predicted molar refractivity (Wildman–Crippen MR) is 96.2 cm³/mol. The van der Waals surface area contributed by atoms with E-state index < -0.39 is 22.0 Å². The smallest absolute Gasteiger partial charge is 0.321 e. The average Bonchev–Trinajstić information content (AvgIpc) is 2.56. The van der Waals surface area contributed by atoms with Crippen LogP contribution in [0.2, 0.25) is 0 Å². The number of hydrogen-bond acceptors (Lipinski definition) is 5. The first-order valence-electron chi connectivity index (χ1n) is 7.99. The number of benzene rings is 1. The first kappa shape index (κ1) is 19.8. The zero-order valence-corrected chi connectivity index (χ0v) is 15.6. The lowest BCUT2D eigenvalue weighted by Crippen LogP contribution is -2.46. The number of pyridine rings is 1. The van der Waals surface area contributed by atoms with Gasteiger partial charge >= 0.3 is 5.97 Å². The fourth-order valence-electron chi connectivity index (χ4n) is 2.56. The monoisotopic (exact) mass is 379 g/mol. The number of fused-ring (bicyclic) bond motifs is 1. The van der Waals surface area contributed by atoms with Crippen molar-refractivity contribution in [1.29, 1.82) is 0 Å². The van der Waals surface area contributed by atoms with Crippen molar-refractivity contribution in [3.05, 3.63) is 36.0 Å². The van der Waals surface area contributed by atoms with Crippen molar-refractivity contribution in [2.45, 2.75) is 31.7 Å². The maximum atomic E-state index is 13.2. The van der Waals surface area contributed by atoms with E-state index in [9.17, 15) is 23.1 Å². The number of carboxylic acid groups (broad SMARTS) is 1. The van der Waals surface area contributed by atoms with Crippen LogP contribution in [-0.4, -0.2) is 53.8 Å². The largest absolute Gasteiger partial charge is 0.480 e. The first-order valence-corrected chi connectivity index (χ1v) is 9.43. The highest BCUT2D eigenvalue weighted by Crippen LogP contribution is 2.26. The molecule has 1 aromatic carbocycles. The van der Waals surface area contributed by atoms with Gasteiger partial charge in [-0.15, -0.1) is 0 Å². The Morgan fingerprint density at radius 3 is 2.65 bits per heavy atom.